The SMILES string of the molecule is CNC(CCC(=O)Nc1ccccc1)C(C)=O. The third kappa shape index (κ3) is 4.78. The van der Waals surface area contributed by atoms with E-state index in [0.29, 0.717) is 12.8 Å². The van der Waals surface area contributed by atoms with Crippen LogP contribution in [0.2, 0.25) is 0 Å². The van der Waals surface area contributed by atoms with Crippen LogP contribution < -0.4 is 10.6 Å². The Kier molecular flexibility index (Phi) is 5.36. The first kappa shape index (κ1) is 13.4. The first-order valence-electron chi connectivity index (χ1n) is 5.66. The maximum absolute atomic E-state index is 11.6. The van der Waals surface area contributed by atoms with Gasteiger partial charge in [-0.05, 0) is 32.5 Å². The monoisotopic (exact) mass is 234 g/mol. The summed E-state index contributed by atoms with van der Waals surface area (Å²) in [6.45, 7) is 1.52. The molecule has 1 aromatic carbocycles. The molecular formula is C13H18N2O2. The van der Waals surface area contributed by atoms with Crippen molar-refractivity contribution in [1.82, 2.24) is 5.32 Å². The number of Topliss-reactive ketones (excluding diaryl/α,β-unsaturated/α-hetero) is 1. The average Bonchev–Trinajstić information content (AvgIpc) is 2.30. The van der Waals surface area contributed by atoms with Gasteiger partial charge in [-0.3, -0.25) is 9.59 Å². The van der Waals surface area contributed by atoms with Crippen LogP contribution in [0.25, 0.3) is 0 Å². The number of amides is 1. The molecule has 2 N–H and O–H groups in total. The van der Waals surface area contributed by atoms with Crippen LogP contribution in [0.15, 0.2) is 30.3 Å². The second-order valence-electron chi connectivity index (χ2n) is 3.90. The third-order valence-electron chi connectivity index (χ3n) is 2.56. The van der Waals surface area contributed by atoms with E-state index in [0.717, 1.165) is 5.69 Å². The Morgan fingerprint density at radius 1 is 1.24 bits per heavy atom. The Morgan fingerprint density at radius 3 is 2.41 bits per heavy atom. The standard InChI is InChI=1S/C13H18N2O2/c1-10(16)12(14-2)8-9-13(17)15-11-6-4-3-5-7-11/h3-7,12,14H,8-9H2,1-2H3,(H,15,17). The van der Waals surface area contributed by atoms with Crippen molar-refractivity contribution in [2.75, 3.05) is 12.4 Å². The molecule has 1 amide bonds. The van der Waals surface area contributed by atoms with Crippen molar-refractivity contribution in [3.8, 4) is 0 Å². The molecule has 0 aromatic heterocycles. The maximum atomic E-state index is 11.6. The highest BCUT2D eigenvalue weighted by Crippen LogP contribution is 2.07. The van der Waals surface area contributed by atoms with E-state index in [-0.39, 0.29) is 17.7 Å². The molecule has 0 bridgehead atoms. The van der Waals surface area contributed by atoms with Crippen molar-refractivity contribution in [2.45, 2.75) is 25.8 Å². The van der Waals surface area contributed by atoms with Gasteiger partial charge in [0.1, 0.15) is 5.78 Å². The van der Waals surface area contributed by atoms with Crippen LogP contribution in [-0.4, -0.2) is 24.8 Å². The number of anilines is 1. The minimum Gasteiger partial charge on any atom is -0.326 e. The lowest BCUT2D eigenvalue weighted by molar-refractivity contribution is -0.119. The molecule has 0 spiro atoms. The lowest BCUT2D eigenvalue weighted by Crippen LogP contribution is -2.33. The van der Waals surface area contributed by atoms with Gasteiger partial charge in [0.25, 0.3) is 0 Å². The molecule has 92 valence electrons. The van der Waals surface area contributed by atoms with Crippen LogP contribution in [0.1, 0.15) is 19.8 Å². The molecule has 0 saturated heterocycles. The molecule has 0 fully saturated rings. The first-order chi connectivity index (χ1) is 8.13. The molecule has 17 heavy (non-hydrogen) atoms. The highest BCUT2D eigenvalue weighted by molar-refractivity contribution is 5.91. The largest absolute Gasteiger partial charge is 0.326 e. The van der Waals surface area contributed by atoms with Gasteiger partial charge in [-0.15, -0.1) is 0 Å². The van der Waals surface area contributed by atoms with Crippen LogP contribution in [0.4, 0.5) is 5.69 Å². The fourth-order valence-corrected chi connectivity index (χ4v) is 1.57. The molecule has 1 unspecified atom stereocenters. The van der Waals surface area contributed by atoms with Gasteiger partial charge in [-0.1, -0.05) is 18.2 Å². The lowest BCUT2D eigenvalue weighted by Gasteiger charge is -2.12. The van der Waals surface area contributed by atoms with E-state index < -0.39 is 0 Å². The van der Waals surface area contributed by atoms with Gasteiger partial charge in [0.05, 0.1) is 6.04 Å². The van der Waals surface area contributed by atoms with Gasteiger partial charge in [0.2, 0.25) is 5.91 Å². The summed E-state index contributed by atoms with van der Waals surface area (Å²) in [6.07, 6.45) is 0.852. The number of likely N-dealkylation sites (N-methyl/N-ethyl adjacent to an activating group) is 1. The van der Waals surface area contributed by atoms with Gasteiger partial charge < -0.3 is 10.6 Å². The van der Waals surface area contributed by atoms with Crippen LogP contribution in [0, 0.1) is 0 Å². The van der Waals surface area contributed by atoms with E-state index in [2.05, 4.69) is 10.6 Å². The number of rotatable bonds is 6. The quantitative estimate of drug-likeness (QED) is 0.785. The topological polar surface area (TPSA) is 58.2 Å². The Hall–Kier alpha value is -1.68. The highest BCUT2D eigenvalue weighted by Gasteiger charge is 2.13. The number of carbonyl (C=O) groups is 2. The Labute approximate surface area is 101 Å². The number of hydrogen-bond donors (Lipinski definition) is 2. The predicted octanol–water partition coefficient (Wildman–Crippen LogP) is 1.58. The van der Waals surface area contributed by atoms with Gasteiger partial charge in [-0.2, -0.15) is 0 Å². The van der Waals surface area contributed by atoms with Crippen molar-refractivity contribution >= 4 is 17.4 Å². The molecule has 0 saturated carbocycles. The van der Waals surface area contributed by atoms with Crippen molar-refractivity contribution in [3.05, 3.63) is 30.3 Å². The summed E-state index contributed by atoms with van der Waals surface area (Å²) in [4.78, 5) is 22.8. The summed E-state index contributed by atoms with van der Waals surface area (Å²) in [7, 11) is 1.72. The average molecular weight is 234 g/mol. The number of carbonyl (C=O) groups excluding carboxylic acids is 2. The molecule has 0 aliphatic heterocycles. The molecule has 4 nitrogen and oxygen atoms in total. The van der Waals surface area contributed by atoms with E-state index in [1.807, 2.05) is 30.3 Å². The van der Waals surface area contributed by atoms with Crippen LogP contribution in [-0.2, 0) is 9.59 Å². The summed E-state index contributed by atoms with van der Waals surface area (Å²) in [5.74, 6) is -0.0160. The minimum absolute atomic E-state index is 0.0556. The Bertz CT molecular complexity index is 376. The van der Waals surface area contributed by atoms with Crippen molar-refractivity contribution in [3.63, 3.8) is 0 Å². The van der Waals surface area contributed by atoms with Gasteiger partial charge in [0, 0.05) is 12.1 Å². The van der Waals surface area contributed by atoms with E-state index in [9.17, 15) is 9.59 Å². The Morgan fingerprint density at radius 2 is 1.88 bits per heavy atom. The predicted molar refractivity (Wildman–Crippen MR) is 67.8 cm³/mol. The second kappa shape index (κ2) is 6.81. The van der Waals surface area contributed by atoms with Crippen LogP contribution >= 0.6 is 0 Å². The molecule has 0 aliphatic rings. The fraction of sp³-hybridized carbons (Fsp3) is 0.385. The fourth-order valence-electron chi connectivity index (χ4n) is 1.57. The van der Waals surface area contributed by atoms with Gasteiger partial charge >= 0.3 is 0 Å². The number of benzene rings is 1. The number of ketones is 1. The number of hydrogen-bond acceptors (Lipinski definition) is 3. The van der Waals surface area contributed by atoms with Crippen LogP contribution in [0.3, 0.4) is 0 Å². The molecule has 1 atom stereocenters. The van der Waals surface area contributed by atoms with Crippen molar-refractivity contribution < 1.29 is 9.59 Å². The normalized spacial score (nSPS) is 11.9. The van der Waals surface area contributed by atoms with Gasteiger partial charge in [-0.25, -0.2) is 0 Å². The molecule has 4 heteroatoms. The molecule has 0 heterocycles. The first-order valence-corrected chi connectivity index (χ1v) is 5.66. The summed E-state index contributed by atoms with van der Waals surface area (Å²) >= 11 is 0. The third-order valence-corrected chi connectivity index (χ3v) is 2.56. The zero-order valence-corrected chi connectivity index (χ0v) is 10.2. The summed E-state index contributed by atoms with van der Waals surface area (Å²) in [6, 6.07) is 9.04. The smallest absolute Gasteiger partial charge is 0.224 e. The lowest BCUT2D eigenvalue weighted by atomic mass is 10.1. The van der Waals surface area contributed by atoms with E-state index in [1.54, 1.807) is 7.05 Å². The second-order valence-corrected chi connectivity index (χ2v) is 3.90. The highest BCUT2D eigenvalue weighted by atomic mass is 16.1. The molecule has 0 radical (unpaired) electrons. The van der Waals surface area contributed by atoms with E-state index in [1.165, 1.54) is 6.92 Å². The number of para-hydroxylation sites is 1. The molecule has 0 aliphatic carbocycles. The zero-order valence-electron chi connectivity index (χ0n) is 10.2. The van der Waals surface area contributed by atoms with E-state index >= 15 is 0 Å². The van der Waals surface area contributed by atoms with Crippen LogP contribution in [0.5, 0.6) is 0 Å². The zero-order chi connectivity index (χ0) is 12.7. The summed E-state index contributed by atoms with van der Waals surface area (Å²) < 4.78 is 0. The van der Waals surface area contributed by atoms with Crippen molar-refractivity contribution in [2.24, 2.45) is 0 Å². The van der Waals surface area contributed by atoms with Gasteiger partial charge in [0.15, 0.2) is 0 Å². The maximum Gasteiger partial charge on any atom is 0.224 e. The molecule has 1 rings (SSSR count). The summed E-state index contributed by atoms with van der Waals surface area (Å²) in [5, 5.41) is 5.67. The molecular weight excluding hydrogens is 216 g/mol. The number of nitrogens with one attached hydrogen (secondary N) is 2. The molecule has 1 aromatic rings. The van der Waals surface area contributed by atoms with Crippen molar-refractivity contribution in [1.29, 1.82) is 0 Å². The Balaban J connectivity index is 2.38. The minimum atomic E-state index is -0.239. The summed E-state index contributed by atoms with van der Waals surface area (Å²) in [5.41, 5.74) is 0.779. The van der Waals surface area contributed by atoms with E-state index in [4.69, 9.17) is 0 Å².